The zero-order chi connectivity index (χ0) is 24.9. The third-order valence-corrected chi connectivity index (χ3v) is 7.83. The first-order valence-electron chi connectivity index (χ1n) is 11.0. The van der Waals surface area contributed by atoms with E-state index in [1.807, 2.05) is 44.2 Å². The van der Waals surface area contributed by atoms with E-state index in [4.69, 9.17) is 8.92 Å². The minimum atomic E-state index is -3.98. The van der Waals surface area contributed by atoms with Crippen LogP contribution >= 0.6 is 0 Å². The van der Waals surface area contributed by atoms with Crippen molar-refractivity contribution in [2.75, 3.05) is 26.3 Å². The normalized spacial score (nSPS) is 11.6. The predicted molar refractivity (Wildman–Crippen MR) is 132 cm³/mol. The van der Waals surface area contributed by atoms with Crippen LogP contribution in [0, 0.1) is 0 Å². The lowest BCUT2D eigenvalue weighted by molar-refractivity contribution is 0.108. The lowest BCUT2D eigenvalue weighted by Crippen LogP contribution is -2.37. The van der Waals surface area contributed by atoms with Gasteiger partial charge in [-0.2, -0.15) is 12.7 Å². The van der Waals surface area contributed by atoms with Crippen molar-refractivity contribution in [3.05, 3.63) is 96.6 Å². The highest BCUT2D eigenvalue weighted by Crippen LogP contribution is 2.16. The van der Waals surface area contributed by atoms with Crippen LogP contribution in [0.25, 0.3) is 0 Å². The van der Waals surface area contributed by atoms with E-state index < -0.39 is 20.1 Å². The average molecular weight is 506 g/mol. The number of rotatable bonds is 12. The molecular weight excluding hydrogens is 474 g/mol. The van der Waals surface area contributed by atoms with Gasteiger partial charge < -0.3 is 4.74 Å². The van der Waals surface area contributed by atoms with Crippen LogP contribution in [0.3, 0.4) is 0 Å². The Hall–Kier alpha value is -2.56. The van der Waals surface area contributed by atoms with Crippen LogP contribution in [0.5, 0.6) is 0 Å². The molecule has 0 aliphatic carbocycles. The summed E-state index contributed by atoms with van der Waals surface area (Å²) in [4.78, 5) is 0.137. The van der Waals surface area contributed by atoms with E-state index in [0.29, 0.717) is 6.61 Å². The maximum Gasteiger partial charge on any atom is 0.297 e. The van der Waals surface area contributed by atoms with E-state index in [2.05, 4.69) is 0 Å². The van der Waals surface area contributed by atoms with E-state index in [-0.39, 0.29) is 36.1 Å². The molecule has 0 aliphatic heterocycles. The number of hydrogen-bond donors (Lipinski definition) is 0. The molecule has 0 atom stereocenters. The average Bonchev–Trinajstić information content (AvgIpc) is 2.88. The molecule has 0 N–H and O–H groups in total. The van der Waals surface area contributed by atoms with Crippen LogP contribution in [0.1, 0.15) is 19.4 Å². The van der Waals surface area contributed by atoms with Gasteiger partial charge in [-0.15, -0.1) is 0 Å². The van der Waals surface area contributed by atoms with Crippen LogP contribution < -0.4 is 0 Å². The minimum Gasteiger partial charge on any atom is -0.375 e. The standard InChI is InChI=1S/C23H25NO6S2.C2H6/c25-31(26,22-12-6-2-7-13-22)24(16-18-29-20-21-10-4-1-5-11-21)17-19-30-32(27,28)23-14-8-3-9-15-23;1-2/h1-15H,16-20H2;1-2H3. The van der Waals surface area contributed by atoms with Gasteiger partial charge in [-0.1, -0.05) is 80.6 Å². The van der Waals surface area contributed by atoms with Crippen molar-refractivity contribution < 1.29 is 25.8 Å². The second-order valence-corrected chi connectivity index (χ2v) is 10.4. The van der Waals surface area contributed by atoms with Crippen molar-refractivity contribution in [3.8, 4) is 0 Å². The van der Waals surface area contributed by atoms with Crippen molar-refractivity contribution in [2.45, 2.75) is 30.2 Å². The molecule has 0 bridgehead atoms. The van der Waals surface area contributed by atoms with E-state index in [1.54, 1.807) is 36.4 Å². The molecule has 3 rings (SSSR count). The smallest absolute Gasteiger partial charge is 0.297 e. The molecule has 0 aromatic heterocycles. The van der Waals surface area contributed by atoms with Crippen molar-refractivity contribution >= 4 is 20.1 Å². The Morgan fingerprint density at radius 1 is 0.647 bits per heavy atom. The molecule has 7 nitrogen and oxygen atoms in total. The summed E-state index contributed by atoms with van der Waals surface area (Å²) in [5.41, 5.74) is 0.974. The third kappa shape index (κ3) is 8.34. The molecule has 184 valence electrons. The SMILES string of the molecule is CC.O=S(=O)(OCCN(CCOCc1ccccc1)S(=O)(=O)c1ccccc1)c1ccccc1. The van der Waals surface area contributed by atoms with Gasteiger partial charge in [0.1, 0.15) is 0 Å². The van der Waals surface area contributed by atoms with Gasteiger partial charge in [-0.25, -0.2) is 8.42 Å². The highest BCUT2D eigenvalue weighted by Gasteiger charge is 2.25. The molecule has 9 heteroatoms. The Kier molecular flexibility index (Phi) is 11.4. The molecule has 0 amide bonds. The van der Waals surface area contributed by atoms with Crippen LogP contribution in [0.4, 0.5) is 0 Å². The second-order valence-electron chi connectivity index (χ2n) is 6.84. The molecule has 0 saturated carbocycles. The first-order chi connectivity index (χ1) is 16.4. The van der Waals surface area contributed by atoms with Crippen LogP contribution in [-0.4, -0.2) is 47.4 Å². The van der Waals surface area contributed by atoms with Crippen molar-refractivity contribution in [2.24, 2.45) is 0 Å². The number of sulfonamides is 1. The van der Waals surface area contributed by atoms with Crippen molar-refractivity contribution in [3.63, 3.8) is 0 Å². The van der Waals surface area contributed by atoms with Crippen LogP contribution in [0.15, 0.2) is 101 Å². The highest BCUT2D eigenvalue weighted by atomic mass is 32.2. The van der Waals surface area contributed by atoms with E-state index in [1.165, 1.54) is 28.6 Å². The molecular formula is C25H31NO6S2. The number of benzene rings is 3. The fourth-order valence-corrected chi connectivity index (χ4v) is 5.28. The summed E-state index contributed by atoms with van der Waals surface area (Å²) < 4.78 is 62.7. The Morgan fingerprint density at radius 3 is 1.68 bits per heavy atom. The summed E-state index contributed by atoms with van der Waals surface area (Å²) in [5, 5.41) is 0. The van der Waals surface area contributed by atoms with Crippen molar-refractivity contribution in [1.82, 2.24) is 4.31 Å². The van der Waals surface area contributed by atoms with Gasteiger partial charge in [0.15, 0.2) is 0 Å². The first kappa shape index (κ1) is 27.7. The predicted octanol–water partition coefficient (Wildman–Crippen LogP) is 4.33. The van der Waals surface area contributed by atoms with E-state index in [9.17, 15) is 16.8 Å². The lowest BCUT2D eigenvalue weighted by atomic mass is 10.2. The fourth-order valence-electron chi connectivity index (χ4n) is 2.93. The summed E-state index contributed by atoms with van der Waals surface area (Å²) in [6.07, 6.45) is 0. The molecule has 0 unspecified atom stereocenters. The number of ether oxygens (including phenoxy) is 1. The van der Waals surface area contributed by atoms with Gasteiger partial charge in [0.05, 0.1) is 29.6 Å². The summed E-state index contributed by atoms with van der Waals surface area (Å²) >= 11 is 0. The van der Waals surface area contributed by atoms with Crippen LogP contribution in [0.2, 0.25) is 0 Å². The number of hydrogen-bond acceptors (Lipinski definition) is 6. The molecule has 0 heterocycles. The Bertz CT molecular complexity index is 1170. The summed E-state index contributed by atoms with van der Waals surface area (Å²) in [5.74, 6) is 0. The summed E-state index contributed by atoms with van der Waals surface area (Å²) in [7, 11) is -7.83. The minimum absolute atomic E-state index is 0.0173. The van der Waals surface area contributed by atoms with Gasteiger partial charge >= 0.3 is 0 Å². The second kappa shape index (κ2) is 14.0. The van der Waals surface area contributed by atoms with Crippen molar-refractivity contribution in [1.29, 1.82) is 0 Å². The topological polar surface area (TPSA) is 90.0 Å². The monoisotopic (exact) mass is 505 g/mol. The zero-order valence-corrected chi connectivity index (χ0v) is 21.0. The molecule has 3 aromatic carbocycles. The first-order valence-corrected chi connectivity index (χ1v) is 13.9. The molecule has 0 fully saturated rings. The van der Waals surface area contributed by atoms with Gasteiger partial charge in [-0.05, 0) is 29.8 Å². The Labute approximate surface area is 203 Å². The largest absolute Gasteiger partial charge is 0.375 e. The van der Waals surface area contributed by atoms with Gasteiger partial charge in [0, 0.05) is 13.1 Å². The van der Waals surface area contributed by atoms with E-state index in [0.717, 1.165) is 5.56 Å². The molecule has 34 heavy (non-hydrogen) atoms. The van der Waals surface area contributed by atoms with Gasteiger partial charge in [0.25, 0.3) is 10.1 Å². The van der Waals surface area contributed by atoms with Gasteiger partial charge in [0.2, 0.25) is 10.0 Å². The van der Waals surface area contributed by atoms with E-state index >= 15 is 0 Å². The summed E-state index contributed by atoms with van der Waals surface area (Å²) in [6, 6.07) is 25.2. The summed E-state index contributed by atoms with van der Waals surface area (Å²) in [6.45, 7) is 4.09. The molecule has 0 spiro atoms. The molecule has 0 radical (unpaired) electrons. The maximum atomic E-state index is 13.1. The zero-order valence-electron chi connectivity index (χ0n) is 19.4. The maximum absolute atomic E-state index is 13.1. The van der Waals surface area contributed by atoms with Crippen LogP contribution in [-0.2, 0) is 35.7 Å². The van der Waals surface area contributed by atoms with Gasteiger partial charge in [-0.3, -0.25) is 4.18 Å². The Balaban J connectivity index is 0.00000199. The quantitative estimate of drug-likeness (QED) is 0.269. The molecule has 0 aliphatic rings. The lowest BCUT2D eigenvalue weighted by Gasteiger charge is -2.22. The molecule has 3 aromatic rings. The highest BCUT2D eigenvalue weighted by molar-refractivity contribution is 7.89. The Morgan fingerprint density at radius 2 is 1.12 bits per heavy atom. The third-order valence-electron chi connectivity index (χ3n) is 4.59. The number of nitrogens with zero attached hydrogens (tertiary/aromatic N) is 1. The fraction of sp³-hybridized carbons (Fsp3) is 0.280. The molecule has 0 saturated heterocycles.